The third kappa shape index (κ3) is 5.42. The van der Waals surface area contributed by atoms with E-state index in [9.17, 15) is 9.59 Å². The molecule has 0 atom stereocenters. The highest BCUT2D eigenvalue weighted by atomic mass is 16.6. The number of ether oxygens (including phenoxy) is 2. The maximum atomic E-state index is 11.4. The van der Waals surface area contributed by atoms with E-state index in [4.69, 9.17) is 4.74 Å². The quantitative estimate of drug-likeness (QED) is 0.656. The van der Waals surface area contributed by atoms with E-state index in [1.807, 2.05) is 12.1 Å². The van der Waals surface area contributed by atoms with Gasteiger partial charge in [-0.3, -0.25) is 0 Å². The van der Waals surface area contributed by atoms with Gasteiger partial charge in [-0.2, -0.15) is 0 Å². The van der Waals surface area contributed by atoms with E-state index < -0.39 is 12.1 Å². The molecule has 1 aromatic carbocycles. The van der Waals surface area contributed by atoms with Crippen LogP contribution in [0, 0.1) is 0 Å². The van der Waals surface area contributed by atoms with Gasteiger partial charge in [0.25, 0.3) is 0 Å². The van der Waals surface area contributed by atoms with Gasteiger partial charge in [-0.25, -0.2) is 9.59 Å². The first-order valence-electron chi connectivity index (χ1n) is 6.24. The summed E-state index contributed by atoms with van der Waals surface area (Å²) in [6.45, 7) is 5.91. The molecule has 0 radical (unpaired) electrons. The largest absolute Gasteiger partial charge is 0.450 e. The van der Waals surface area contributed by atoms with Crippen LogP contribution in [0.3, 0.4) is 0 Å². The topological polar surface area (TPSA) is 64.6 Å². The van der Waals surface area contributed by atoms with Crippen LogP contribution in [0.25, 0.3) is 0 Å². The van der Waals surface area contributed by atoms with Gasteiger partial charge < -0.3 is 14.8 Å². The summed E-state index contributed by atoms with van der Waals surface area (Å²) >= 11 is 0. The van der Waals surface area contributed by atoms with Crippen molar-refractivity contribution < 1.29 is 19.1 Å². The standard InChI is InChI=1S/C14H19NO4/c1-4-18-14(17)15-9-13(16)19-12-7-5-11(6-8-12)10(2)3/h5-8,10H,4,9H2,1-3H3,(H,15,17). The molecule has 0 heterocycles. The maximum absolute atomic E-state index is 11.4. The zero-order chi connectivity index (χ0) is 14.3. The smallest absolute Gasteiger partial charge is 0.407 e. The summed E-state index contributed by atoms with van der Waals surface area (Å²) in [5.41, 5.74) is 1.17. The first kappa shape index (κ1) is 15.0. The Hall–Kier alpha value is -2.04. The summed E-state index contributed by atoms with van der Waals surface area (Å²) in [6, 6.07) is 7.29. The number of carbonyl (C=O) groups excluding carboxylic acids is 2. The average Bonchev–Trinajstić information content (AvgIpc) is 2.37. The predicted molar refractivity (Wildman–Crippen MR) is 71.2 cm³/mol. The normalized spacial score (nSPS) is 10.1. The molecule has 5 heteroatoms. The van der Waals surface area contributed by atoms with E-state index in [2.05, 4.69) is 23.9 Å². The fraction of sp³-hybridized carbons (Fsp3) is 0.429. The second-order valence-electron chi connectivity index (χ2n) is 4.27. The number of amides is 1. The highest BCUT2D eigenvalue weighted by Crippen LogP contribution is 2.18. The van der Waals surface area contributed by atoms with Crippen molar-refractivity contribution in [3.05, 3.63) is 29.8 Å². The van der Waals surface area contributed by atoms with Crippen LogP contribution in [0.15, 0.2) is 24.3 Å². The van der Waals surface area contributed by atoms with Crippen molar-refractivity contribution in [2.75, 3.05) is 13.2 Å². The molecule has 5 nitrogen and oxygen atoms in total. The molecule has 0 aliphatic rings. The van der Waals surface area contributed by atoms with Crippen molar-refractivity contribution in [2.24, 2.45) is 0 Å². The Morgan fingerprint density at radius 2 is 1.84 bits per heavy atom. The molecule has 19 heavy (non-hydrogen) atoms. The predicted octanol–water partition coefficient (Wildman–Crippen LogP) is 2.46. The third-order valence-corrected chi connectivity index (χ3v) is 2.43. The second-order valence-corrected chi connectivity index (χ2v) is 4.27. The lowest BCUT2D eigenvalue weighted by Gasteiger charge is -2.08. The highest BCUT2D eigenvalue weighted by Gasteiger charge is 2.08. The molecule has 1 N–H and O–H groups in total. The number of esters is 1. The fourth-order valence-corrected chi connectivity index (χ4v) is 1.41. The molecule has 0 unspecified atom stereocenters. The van der Waals surface area contributed by atoms with Crippen LogP contribution in [0.4, 0.5) is 4.79 Å². The minimum absolute atomic E-state index is 0.217. The fourth-order valence-electron chi connectivity index (χ4n) is 1.41. The summed E-state index contributed by atoms with van der Waals surface area (Å²) in [5.74, 6) is 0.348. The van der Waals surface area contributed by atoms with Crippen molar-refractivity contribution in [3.8, 4) is 5.75 Å². The van der Waals surface area contributed by atoms with Gasteiger partial charge in [0.05, 0.1) is 6.61 Å². The molecule has 0 saturated carbocycles. The molecule has 104 valence electrons. The lowest BCUT2D eigenvalue weighted by atomic mass is 10.0. The van der Waals surface area contributed by atoms with Crippen LogP contribution >= 0.6 is 0 Å². The van der Waals surface area contributed by atoms with Crippen molar-refractivity contribution in [3.63, 3.8) is 0 Å². The molecule has 1 rings (SSSR count). The van der Waals surface area contributed by atoms with Gasteiger partial charge in [-0.1, -0.05) is 26.0 Å². The van der Waals surface area contributed by atoms with Crippen LogP contribution in [-0.2, 0) is 9.53 Å². The molecule has 0 aromatic heterocycles. The van der Waals surface area contributed by atoms with Gasteiger partial charge in [0.1, 0.15) is 12.3 Å². The molecule has 0 saturated heterocycles. The Bertz CT molecular complexity index is 426. The van der Waals surface area contributed by atoms with Gasteiger partial charge in [0, 0.05) is 0 Å². The number of benzene rings is 1. The van der Waals surface area contributed by atoms with E-state index in [0.29, 0.717) is 11.7 Å². The zero-order valence-electron chi connectivity index (χ0n) is 11.4. The van der Waals surface area contributed by atoms with Crippen molar-refractivity contribution >= 4 is 12.1 Å². The number of nitrogens with one attached hydrogen (secondary N) is 1. The SMILES string of the molecule is CCOC(=O)NCC(=O)Oc1ccc(C(C)C)cc1. The van der Waals surface area contributed by atoms with Crippen LogP contribution in [0.5, 0.6) is 5.75 Å². The Morgan fingerprint density at radius 3 is 2.37 bits per heavy atom. The lowest BCUT2D eigenvalue weighted by Crippen LogP contribution is -2.32. The summed E-state index contributed by atoms with van der Waals surface area (Å²) in [4.78, 5) is 22.4. The first-order chi connectivity index (χ1) is 9.02. The molecule has 0 aliphatic carbocycles. The minimum atomic E-state index is -0.630. The summed E-state index contributed by atoms with van der Waals surface area (Å²) < 4.78 is 9.70. The zero-order valence-corrected chi connectivity index (χ0v) is 11.4. The van der Waals surface area contributed by atoms with Crippen molar-refractivity contribution in [2.45, 2.75) is 26.7 Å². The van der Waals surface area contributed by atoms with E-state index in [1.165, 1.54) is 5.56 Å². The number of alkyl carbamates (subject to hydrolysis) is 1. The third-order valence-electron chi connectivity index (χ3n) is 2.43. The van der Waals surface area contributed by atoms with Gasteiger partial charge in [0.15, 0.2) is 0 Å². The monoisotopic (exact) mass is 265 g/mol. The van der Waals surface area contributed by atoms with E-state index in [1.54, 1.807) is 19.1 Å². The molecule has 0 fully saturated rings. The second kappa shape index (κ2) is 7.41. The molecular formula is C14H19NO4. The molecule has 0 bridgehead atoms. The van der Waals surface area contributed by atoms with Crippen LogP contribution in [-0.4, -0.2) is 25.2 Å². The number of hydrogen-bond donors (Lipinski definition) is 1. The molecule has 1 amide bonds. The number of rotatable bonds is 5. The average molecular weight is 265 g/mol. The molecular weight excluding hydrogens is 246 g/mol. The van der Waals surface area contributed by atoms with Crippen molar-refractivity contribution in [1.82, 2.24) is 5.32 Å². The van der Waals surface area contributed by atoms with E-state index in [-0.39, 0.29) is 13.2 Å². The van der Waals surface area contributed by atoms with Gasteiger partial charge in [-0.05, 0) is 30.5 Å². The van der Waals surface area contributed by atoms with Crippen LogP contribution < -0.4 is 10.1 Å². The Balaban J connectivity index is 2.42. The summed E-state index contributed by atoms with van der Waals surface area (Å²) in [6.07, 6.45) is -0.630. The van der Waals surface area contributed by atoms with E-state index >= 15 is 0 Å². The van der Waals surface area contributed by atoms with Crippen LogP contribution in [0.1, 0.15) is 32.3 Å². The Labute approximate surface area is 112 Å². The van der Waals surface area contributed by atoms with Crippen molar-refractivity contribution in [1.29, 1.82) is 0 Å². The molecule has 0 aliphatic heterocycles. The summed E-state index contributed by atoms with van der Waals surface area (Å²) in [7, 11) is 0. The van der Waals surface area contributed by atoms with Crippen LogP contribution in [0.2, 0.25) is 0 Å². The van der Waals surface area contributed by atoms with Gasteiger partial charge >= 0.3 is 12.1 Å². The first-order valence-corrected chi connectivity index (χ1v) is 6.24. The van der Waals surface area contributed by atoms with Gasteiger partial charge in [0.2, 0.25) is 0 Å². The number of hydrogen-bond acceptors (Lipinski definition) is 4. The number of carbonyl (C=O) groups is 2. The molecule has 1 aromatic rings. The maximum Gasteiger partial charge on any atom is 0.407 e. The minimum Gasteiger partial charge on any atom is -0.450 e. The van der Waals surface area contributed by atoms with Gasteiger partial charge in [-0.15, -0.1) is 0 Å². The Kier molecular flexibility index (Phi) is 5.85. The highest BCUT2D eigenvalue weighted by molar-refractivity contribution is 5.79. The van der Waals surface area contributed by atoms with E-state index in [0.717, 1.165) is 0 Å². The lowest BCUT2D eigenvalue weighted by molar-refractivity contribution is -0.133. The molecule has 0 spiro atoms. The summed E-state index contributed by atoms with van der Waals surface area (Å²) in [5, 5.41) is 2.30. The Morgan fingerprint density at radius 1 is 1.21 bits per heavy atom.